The third-order valence-electron chi connectivity index (χ3n) is 3.23. The molecule has 128 valence electrons. The van der Waals surface area contributed by atoms with E-state index in [0.717, 1.165) is 11.1 Å². The van der Waals surface area contributed by atoms with Crippen molar-refractivity contribution in [2.75, 3.05) is 0 Å². The summed E-state index contributed by atoms with van der Waals surface area (Å²) in [7, 11) is 0. The van der Waals surface area contributed by atoms with Crippen molar-refractivity contribution in [3.8, 4) is 0 Å². The van der Waals surface area contributed by atoms with E-state index >= 15 is 0 Å². The van der Waals surface area contributed by atoms with E-state index in [4.69, 9.17) is 5.21 Å². The summed E-state index contributed by atoms with van der Waals surface area (Å²) in [6.45, 7) is 0.245. The fraction of sp³-hybridized carbons (Fsp3) is 0.0556. The van der Waals surface area contributed by atoms with Crippen LogP contribution in [0.2, 0.25) is 0 Å². The molecule has 0 bridgehead atoms. The van der Waals surface area contributed by atoms with Crippen molar-refractivity contribution >= 4 is 23.9 Å². The van der Waals surface area contributed by atoms with Gasteiger partial charge in [0.05, 0.1) is 0 Å². The van der Waals surface area contributed by atoms with Gasteiger partial charge in [0.2, 0.25) is 0 Å². The first-order valence-corrected chi connectivity index (χ1v) is 7.44. The number of urea groups is 1. The van der Waals surface area contributed by atoms with Crippen LogP contribution in [0.4, 0.5) is 4.79 Å². The number of hydroxylamine groups is 1. The molecular formula is C18H17N3O4. The second-order valence-electron chi connectivity index (χ2n) is 5.05. The first kappa shape index (κ1) is 17.9. The standard InChI is InChI=1S/C18H17N3O4/c22-16(21-25)11-10-13-6-8-14(9-7-13)12-19-18(24)20-17(23)15-4-2-1-3-5-15/h1-11,25H,12H2,(H,21,22)(H2,19,20,23,24)/b11-10+. The number of hydrogen-bond acceptors (Lipinski definition) is 4. The van der Waals surface area contributed by atoms with E-state index in [9.17, 15) is 14.4 Å². The molecule has 0 radical (unpaired) electrons. The molecule has 2 aromatic rings. The molecule has 4 amide bonds. The molecule has 0 unspecified atom stereocenters. The lowest BCUT2D eigenvalue weighted by Crippen LogP contribution is -2.39. The van der Waals surface area contributed by atoms with Crippen molar-refractivity contribution in [1.82, 2.24) is 16.1 Å². The van der Waals surface area contributed by atoms with Gasteiger partial charge in [-0.1, -0.05) is 42.5 Å². The number of carbonyl (C=O) groups excluding carboxylic acids is 3. The maximum absolute atomic E-state index is 11.8. The number of nitrogens with one attached hydrogen (secondary N) is 3. The predicted molar refractivity (Wildman–Crippen MR) is 91.5 cm³/mol. The van der Waals surface area contributed by atoms with Crippen LogP contribution in [-0.4, -0.2) is 23.1 Å². The molecule has 0 fully saturated rings. The zero-order valence-electron chi connectivity index (χ0n) is 13.2. The van der Waals surface area contributed by atoms with Gasteiger partial charge in [0.25, 0.3) is 11.8 Å². The van der Waals surface area contributed by atoms with E-state index in [1.54, 1.807) is 54.6 Å². The molecule has 7 heteroatoms. The van der Waals surface area contributed by atoms with Crippen LogP contribution in [0.5, 0.6) is 0 Å². The second kappa shape index (κ2) is 8.99. The van der Waals surface area contributed by atoms with E-state index < -0.39 is 17.8 Å². The summed E-state index contributed by atoms with van der Waals surface area (Å²) in [5.74, 6) is -1.09. The molecule has 2 aromatic carbocycles. The van der Waals surface area contributed by atoms with Gasteiger partial charge in [0, 0.05) is 18.2 Å². The fourth-order valence-corrected chi connectivity index (χ4v) is 1.95. The molecule has 0 aromatic heterocycles. The summed E-state index contributed by atoms with van der Waals surface area (Å²) in [6, 6.07) is 14.9. The molecule has 0 atom stereocenters. The van der Waals surface area contributed by atoms with Crippen LogP contribution in [0.25, 0.3) is 6.08 Å². The Morgan fingerprint density at radius 1 is 0.960 bits per heavy atom. The third kappa shape index (κ3) is 5.92. The third-order valence-corrected chi connectivity index (χ3v) is 3.23. The van der Waals surface area contributed by atoms with E-state index in [1.165, 1.54) is 17.6 Å². The maximum atomic E-state index is 11.8. The largest absolute Gasteiger partial charge is 0.334 e. The van der Waals surface area contributed by atoms with Crippen LogP contribution >= 0.6 is 0 Å². The number of amides is 4. The van der Waals surface area contributed by atoms with E-state index in [-0.39, 0.29) is 6.54 Å². The smallest absolute Gasteiger partial charge is 0.321 e. The minimum atomic E-state index is -0.620. The molecule has 25 heavy (non-hydrogen) atoms. The summed E-state index contributed by atoms with van der Waals surface area (Å²) >= 11 is 0. The van der Waals surface area contributed by atoms with Crippen LogP contribution < -0.4 is 16.1 Å². The van der Waals surface area contributed by atoms with Gasteiger partial charge in [-0.25, -0.2) is 10.3 Å². The Balaban J connectivity index is 1.82. The molecule has 4 N–H and O–H groups in total. The summed E-state index contributed by atoms with van der Waals surface area (Å²) < 4.78 is 0. The zero-order chi connectivity index (χ0) is 18.1. The normalized spacial score (nSPS) is 10.3. The highest BCUT2D eigenvalue weighted by Gasteiger charge is 2.09. The van der Waals surface area contributed by atoms with Crippen molar-refractivity contribution in [1.29, 1.82) is 0 Å². The molecule has 0 aliphatic rings. The summed E-state index contributed by atoms with van der Waals surface area (Å²) in [5.41, 5.74) is 3.49. The van der Waals surface area contributed by atoms with E-state index in [2.05, 4.69) is 10.6 Å². The molecule has 0 aliphatic carbocycles. The van der Waals surface area contributed by atoms with Crippen molar-refractivity contribution in [3.63, 3.8) is 0 Å². The Morgan fingerprint density at radius 2 is 1.64 bits per heavy atom. The number of carbonyl (C=O) groups is 3. The number of benzene rings is 2. The van der Waals surface area contributed by atoms with Crippen molar-refractivity contribution < 1.29 is 19.6 Å². The molecule has 7 nitrogen and oxygen atoms in total. The fourth-order valence-electron chi connectivity index (χ4n) is 1.95. The number of hydrogen-bond donors (Lipinski definition) is 4. The predicted octanol–water partition coefficient (Wildman–Crippen LogP) is 1.84. The quantitative estimate of drug-likeness (QED) is 0.379. The Bertz CT molecular complexity index is 771. The van der Waals surface area contributed by atoms with Gasteiger partial charge < -0.3 is 5.32 Å². The van der Waals surface area contributed by atoms with E-state index in [1.807, 2.05) is 0 Å². The minimum Gasteiger partial charge on any atom is -0.334 e. The van der Waals surface area contributed by atoms with Gasteiger partial charge in [-0.2, -0.15) is 0 Å². The second-order valence-corrected chi connectivity index (χ2v) is 5.05. The molecule has 0 saturated heterocycles. The zero-order valence-corrected chi connectivity index (χ0v) is 13.2. The average Bonchev–Trinajstić information content (AvgIpc) is 2.65. The Kier molecular flexibility index (Phi) is 6.44. The minimum absolute atomic E-state index is 0.245. The van der Waals surface area contributed by atoms with Gasteiger partial charge in [-0.15, -0.1) is 0 Å². The highest BCUT2D eigenvalue weighted by atomic mass is 16.5. The monoisotopic (exact) mass is 339 g/mol. The molecule has 0 saturated carbocycles. The SMILES string of the molecule is O=C(/C=C/c1ccc(CNC(=O)NC(=O)c2ccccc2)cc1)NO. The van der Waals surface area contributed by atoms with Crippen LogP contribution in [-0.2, 0) is 11.3 Å². The van der Waals surface area contributed by atoms with Gasteiger partial charge in [0.15, 0.2) is 0 Å². The summed E-state index contributed by atoms with van der Waals surface area (Å²) in [6.07, 6.45) is 2.73. The van der Waals surface area contributed by atoms with Crippen LogP contribution in [0.1, 0.15) is 21.5 Å². The molecule has 2 rings (SSSR count). The van der Waals surface area contributed by atoms with Gasteiger partial charge in [0.1, 0.15) is 0 Å². The lowest BCUT2D eigenvalue weighted by molar-refractivity contribution is -0.124. The van der Waals surface area contributed by atoms with Gasteiger partial charge in [-0.05, 0) is 29.3 Å². The first-order valence-electron chi connectivity index (χ1n) is 7.44. The average molecular weight is 339 g/mol. The molecule has 0 heterocycles. The molecule has 0 spiro atoms. The highest BCUT2D eigenvalue weighted by Crippen LogP contribution is 2.06. The number of rotatable bonds is 5. The maximum Gasteiger partial charge on any atom is 0.321 e. The van der Waals surface area contributed by atoms with Gasteiger partial charge in [-0.3, -0.25) is 20.1 Å². The van der Waals surface area contributed by atoms with Gasteiger partial charge >= 0.3 is 6.03 Å². The van der Waals surface area contributed by atoms with Crippen molar-refractivity contribution in [3.05, 3.63) is 77.4 Å². The van der Waals surface area contributed by atoms with Crippen LogP contribution in [0.15, 0.2) is 60.7 Å². The molecular weight excluding hydrogens is 322 g/mol. The number of imide groups is 1. The molecule has 0 aliphatic heterocycles. The Labute approximate surface area is 144 Å². The lowest BCUT2D eigenvalue weighted by atomic mass is 10.1. The lowest BCUT2D eigenvalue weighted by Gasteiger charge is -2.07. The van der Waals surface area contributed by atoms with Crippen LogP contribution in [0.3, 0.4) is 0 Å². The topological polar surface area (TPSA) is 108 Å². The Morgan fingerprint density at radius 3 is 2.28 bits per heavy atom. The summed E-state index contributed by atoms with van der Waals surface area (Å²) in [5, 5.41) is 13.2. The van der Waals surface area contributed by atoms with E-state index in [0.29, 0.717) is 5.56 Å². The van der Waals surface area contributed by atoms with Crippen molar-refractivity contribution in [2.24, 2.45) is 0 Å². The first-order chi connectivity index (χ1) is 12.1. The highest BCUT2D eigenvalue weighted by molar-refractivity contribution is 6.04. The van der Waals surface area contributed by atoms with Crippen LogP contribution in [0, 0.1) is 0 Å². The Hall–Kier alpha value is -3.45. The van der Waals surface area contributed by atoms with Crippen molar-refractivity contribution in [2.45, 2.75) is 6.54 Å². The summed E-state index contributed by atoms with van der Waals surface area (Å²) in [4.78, 5) is 34.5.